The second-order valence-electron chi connectivity index (χ2n) is 4.80. The molecule has 2 rings (SSSR count). The Morgan fingerprint density at radius 3 is 2.29 bits per heavy atom. The van der Waals surface area contributed by atoms with Crippen LogP contribution in [0.15, 0.2) is 48.5 Å². The third-order valence-corrected chi connectivity index (χ3v) is 4.31. The highest BCUT2D eigenvalue weighted by Gasteiger charge is 2.11. The number of hydrogen-bond acceptors (Lipinski definition) is 4. The van der Waals surface area contributed by atoms with Crippen molar-refractivity contribution >= 4 is 15.7 Å². The number of benzene rings is 2. The molecule has 112 valence electrons. The van der Waals surface area contributed by atoms with Crippen LogP contribution in [0.3, 0.4) is 0 Å². The Kier molecular flexibility index (Phi) is 4.95. The number of sulfonamides is 1. The van der Waals surface area contributed by atoms with Gasteiger partial charge in [0.25, 0.3) is 0 Å². The van der Waals surface area contributed by atoms with Crippen molar-refractivity contribution in [2.24, 2.45) is 0 Å². The smallest absolute Gasteiger partial charge is 0.216 e. The minimum Gasteiger partial charge on any atom is -0.399 e. The van der Waals surface area contributed by atoms with E-state index in [1.165, 1.54) is 0 Å². The van der Waals surface area contributed by atoms with Gasteiger partial charge in [0.1, 0.15) is 0 Å². The van der Waals surface area contributed by atoms with E-state index in [0.717, 1.165) is 11.1 Å². The molecule has 0 heterocycles. The average Bonchev–Trinajstić information content (AvgIpc) is 2.45. The van der Waals surface area contributed by atoms with Gasteiger partial charge in [-0.05, 0) is 28.8 Å². The summed E-state index contributed by atoms with van der Waals surface area (Å²) >= 11 is 0. The maximum atomic E-state index is 12.0. The van der Waals surface area contributed by atoms with Crippen LogP contribution >= 0.6 is 0 Å². The van der Waals surface area contributed by atoms with Crippen LogP contribution in [0, 0.1) is 0 Å². The summed E-state index contributed by atoms with van der Waals surface area (Å²) in [7, 11) is -3.42. The van der Waals surface area contributed by atoms with Crippen molar-refractivity contribution in [1.82, 2.24) is 4.72 Å². The highest BCUT2D eigenvalue weighted by atomic mass is 32.2. The summed E-state index contributed by atoms with van der Waals surface area (Å²) in [6.45, 7) is 0.192. The molecule has 0 fully saturated rings. The summed E-state index contributed by atoms with van der Waals surface area (Å²) < 4.78 is 26.6. The molecule has 0 amide bonds. The van der Waals surface area contributed by atoms with E-state index in [1.54, 1.807) is 48.5 Å². The number of hydrogen-bond donors (Lipinski definition) is 3. The topological polar surface area (TPSA) is 92.4 Å². The number of anilines is 1. The third kappa shape index (κ3) is 4.86. The van der Waals surface area contributed by atoms with Gasteiger partial charge in [0.15, 0.2) is 0 Å². The van der Waals surface area contributed by atoms with E-state index in [9.17, 15) is 8.42 Å². The quantitative estimate of drug-likeness (QED) is 0.703. The molecule has 0 radical (unpaired) electrons. The fourth-order valence-corrected chi connectivity index (χ4v) is 3.02. The largest absolute Gasteiger partial charge is 0.399 e. The van der Waals surface area contributed by atoms with Crippen LogP contribution in [0.1, 0.15) is 16.7 Å². The van der Waals surface area contributed by atoms with Crippen LogP contribution in [-0.4, -0.2) is 13.5 Å². The normalized spacial score (nSPS) is 11.5. The van der Waals surface area contributed by atoms with Crippen LogP contribution in [0.4, 0.5) is 5.69 Å². The summed E-state index contributed by atoms with van der Waals surface area (Å²) in [5, 5.41) is 8.95. The zero-order valence-electron chi connectivity index (χ0n) is 11.5. The zero-order chi connectivity index (χ0) is 15.3. The average molecular weight is 306 g/mol. The Hall–Kier alpha value is -1.89. The highest BCUT2D eigenvalue weighted by Crippen LogP contribution is 2.10. The van der Waals surface area contributed by atoms with E-state index in [1.807, 2.05) is 0 Å². The summed E-state index contributed by atoms with van der Waals surface area (Å²) in [4.78, 5) is 0. The van der Waals surface area contributed by atoms with Gasteiger partial charge in [-0.1, -0.05) is 36.4 Å². The number of nitrogens with two attached hydrogens (primary N) is 1. The van der Waals surface area contributed by atoms with Crippen molar-refractivity contribution < 1.29 is 13.5 Å². The number of nitrogens with one attached hydrogen (secondary N) is 1. The Bertz CT molecular complexity index is 697. The number of rotatable bonds is 6. The maximum absolute atomic E-state index is 12.0. The predicted molar refractivity (Wildman–Crippen MR) is 82.7 cm³/mol. The molecule has 0 saturated heterocycles. The highest BCUT2D eigenvalue weighted by molar-refractivity contribution is 7.88. The molecule has 0 aromatic heterocycles. The molecule has 0 bridgehead atoms. The molecule has 0 aliphatic heterocycles. The van der Waals surface area contributed by atoms with Gasteiger partial charge in [-0.2, -0.15) is 0 Å². The fourth-order valence-electron chi connectivity index (χ4n) is 1.91. The van der Waals surface area contributed by atoms with Crippen LogP contribution in [-0.2, 0) is 28.9 Å². The SMILES string of the molecule is Nc1cccc(CS(=O)(=O)NCc2ccc(CO)cc2)c1. The predicted octanol–water partition coefficient (Wildman–Crippen LogP) is 1.38. The Labute approximate surface area is 124 Å². The third-order valence-electron chi connectivity index (χ3n) is 3.01. The fraction of sp³-hybridized carbons (Fsp3) is 0.200. The maximum Gasteiger partial charge on any atom is 0.216 e. The van der Waals surface area contributed by atoms with Gasteiger partial charge in [-0.25, -0.2) is 13.1 Å². The molecule has 0 aliphatic rings. The Morgan fingerprint density at radius 2 is 1.67 bits per heavy atom. The molecule has 4 N–H and O–H groups in total. The molecule has 2 aromatic carbocycles. The van der Waals surface area contributed by atoms with Crippen LogP contribution < -0.4 is 10.5 Å². The number of nitrogen functional groups attached to an aromatic ring is 1. The molecule has 0 aliphatic carbocycles. The first-order valence-corrected chi connectivity index (χ1v) is 8.14. The van der Waals surface area contributed by atoms with Gasteiger partial charge in [-0.15, -0.1) is 0 Å². The summed E-state index contributed by atoms with van der Waals surface area (Å²) in [6.07, 6.45) is 0. The first kappa shape index (κ1) is 15.5. The van der Waals surface area contributed by atoms with E-state index in [0.29, 0.717) is 11.3 Å². The number of aliphatic hydroxyl groups excluding tert-OH is 1. The van der Waals surface area contributed by atoms with E-state index >= 15 is 0 Å². The molecule has 21 heavy (non-hydrogen) atoms. The molecule has 2 aromatic rings. The Morgan fingerprint density at radius 1 is 1.00 bits per heavy atom. The van der Waals surface area contributed by atoms with Gasteiger partial charge in [0, 0.05) is 12.2 Å². The molecule has 5 nitrogen and oxygen atoms in total. The lowest BCUT2D eigenvalue weighted by molar-refractivity contribution is 0.282. The monoisotopic (exact) mass is 306 g/mol. The summed E-state index contributed by atoms with van der Waals surface area (Å²) in [5.41, 5.74) is 8.46. The second-order valence-corrected chi connectivity index (χ2v) is 6.61. The van der Waals surface area contributed by atoms with Gasteiger partial charge < -0.3 is 10.8 Å². The van der Waals surface area contributed by atoms with E-state index < -0.39 is 10.0 Å². The van der Waals surface area contributed by atoms with Crippen LogP contribution in [0.25, 0.3) is 0 Å². The molecule has 0 atom stereocenters. The lowest BCUT2D eigenvalue weighted by atomic mass is 10.1. The van der Waals surface area contributed by atoms with Crippen molar-refractivity contribution in [1.29, 1.82) is 0 Å². The standard InChI is InChI=1S/C15H18N2O3S/c16-15-3-1-2-14(8-15)11-21(19,20)17-9-12-4-6-13(10-18)7-5-12/h1-8,17-18H,9-11,16H2. The molecule has 0 spiro atoms. The molecular formula is C15H18N2O3S. The van der Waals surface area contributed by atoms with E-state index in [4.69, 9.17) is 10.8 Å². The minimum absolute atomic E-state index is 0.0264. The summed E-state index contributed by atoms with van der Waals surface area (Å²) in [6, 6.07) is 13.9. The lowest BCUT2D eigenvalue weighted by Gasteiger charge is -2.08. The molecule has 6 heteroatoms. The molecular weight excluding hydrogens is 288 g/mol. The van der Waals surface area contributed by atoms with Crippen molar-refractivity contribution in [2.45, 2.75) is 18.9 Å². The van der Waals surface area contributed by atoms with Gasteiger partial charge in [-0.3, -0.25) is 0 Å². The van der Waals surface area contributed by atoms with E-state index in [2.05, 4.69) is 4.72 Å². The van der Waals surface area contributed by atoms with Gasteiger partial charge >= 0.3 is 0 Å². The van der Waals surface area contributed by atoms with Crippen molar-refractivity contribution in [3.63, 3.8) is 0 Å². The van der Waals surface area contributed by atoms with Crippen molar-refractivity contribution in [3.05, 3.63) is 65.2 Å². The van der Waals surface area contributed by atoms with Crippen molar-refractivity contribution in [2.75, 3.05) is 5.73 Å². The van der Waals surface area contributed by atoms with Crippen LogP contribution in [0.5, 0.6) is 0 Å². The Balaban J connectivity index is 1.97. The second kappa shape index (κ2) is 6.71. The van der Waals surface area contributed by atoms with Crippen molar-refractivity contribution in [3.8, 4) is 0 Å². The molecule has 0 saturated carbocycles. The van der Waals surface area contributed by atoms with E-state index in [-0.39, 0.29) is 18.9 Å². The minimum atomic E-state index is -3.42. The zero-order valence-corrected chi connectivity index (χ0v) is 12.3. The number of aliphatic hydroxyl groups is 1. The molecule has 0 unspecified atom stereocenters. The summed E-state index contributed by atoms with van der Waals surface area (Å²) in [5.74, 6) is -0.104. The first-order chi connectivity index (χ1) is 9.98. The van der Waals surface area contributed by atoms with Gasteiger partial charge in [0.2, 0.25) is 10.0 Å². The lowest BCUT2D eigenvalue weighted by Crippen LogP contribution is -2.24. The van der Waals surface area contributed by atoms with Crippen LogP contribution in [0.2, 0.25) is 0 Å². The van der Waals surface area contributed by atoms with Gasteiger partial charge in [0.05, 0.1) is 12.4 Å². The first-order valence-electron chi connectivity index (χ1n) is 6.49.